The Morgan fingerprint density at radius 3 is 2.85 bits per heavy atom. The van der Waals surface area contributed by atoms with Gasteiger partial charge in [0.2, 0.25) is 22.1 Å². The Balaban J connectivity index is 1.21. The number of amides is 2. The number of furan rings is 1. The van der Waals surface area contributed by atoms with Gasteiger partial charge in [-0.25, -0.2) is 0 Å². The zero-order valence-corrected chi connectivity index (χ0v) is 20.9. The monoisotopic (exact) mass is 488 g/mol. The average Bonchev–Trinajstić information content (AvgIpc) is 3.62. The lowest BCUT2D eigenvalue weighted by Crippen LogP contribution is -2.43. The van der Waals surface area contributed by atoms with Crippen molar-refractivity contribution in [2.45, 2.75) is 58.4 Å². The molecule has 2 aromatic heterocycles. The van der Waals surface area contributed by atoms with E-state index in [-0.39, 0.29) is 17.7 Å². The van der Waals surface area contributed by atoms with Crippen molar-refractivity contribution in [1.29, 1.82) is 0 Å². The number of rotatable bonds is 12. The molecule has 34 heavy (non-hydrogen) atoms. The van der Waals surface area contributed by atoms with Gasteiger partial charge in [0.25, 0.3) is 0 Å². The molecule has 2 amide bonds. The van der Waals surface area contributed by atoms with Crippen LogP contribution in [0.2, 0.25) is 0 Å². The molecular weight excluding hydrogens is 452 g/mol. The number of aromatic nitrogens is 2. The summed E-state index contributed by atoms with van der Waals surface area (Å²) in [6, 6.07) is 3.94. The molecule has 4 heterocycles. The van der Waals surface area contributed by atoms with Gasteiger partial charge in [0.15, 0.2) is 0 Å². The Morgan fingerprint density at radius 1 is 1.24 bits per heavy atom. The highest BCUT2D eigenvalue weighted by atomic mass is 32.1. The van der Waals surface area contributed by atoms with Crippen molar-refractivity contribution in [2.24, 2.45) is 5.92 Å². The van der Waals surface area contributed by atoms with Crippen LogP contribution < -0.4 is 15.1 Å². The summed E-state index contributed by atoms with van der Waals surface area (Å²) in [7, 11) is 0. The van der Waals surface area contributed by atoms with Gasteiger partial charge < -0.3 is 14.6 Å². The van der Waals surface area contributed by atoms with E-state index in [2.05, 4.69) is 32.2 Å². The van der Waals surface area contributed by atoms with E-state index in [9.17, 15) is 9.59 Å². The lowest BCUT2D eigenvalue weighted by atomic mass is 9.97. The number of anilines is 2. The summed E-state index contributed by atoms with van der Waals surface area (Å²) >= 11 is 1.45. The molecule has 0 saturated carbocycles. The molecule has 2 saturated heterocycles. The lowest BCUT2D eigenvalue weighted by molar-refractivity contribution is -0.125. The molecule has 1 N–H and O–H groups in total. The van der Waals surface area contributed by atoms with Gasteiger partial charge in [0.05, 0.1) is 18.7 Å². The fourth-order valence-electron chi connectivity index (χ4n) is 4.59. The third kappa shape index (κ3) is 6.56. The van der Waals surface area contributed by atoms with Gasteiger partial charge in [0.1, 0.15) is 5.76 Å². The Hall–Kier alpha value is -2.46. The van der Waals surface area contributed by atoms with Crippen LogP contribution in [0.4, 0.5) is 10.3 Å². The second kappa shape index (κ2) is 12.3. The maximum atomic E-state index is 12.9. The number of hydrogen-bond donors (Lipinski definition) is 1. The number of nitrogens with one attached hydrogen (secondary N) is 1. The molecule has 0 unspecified atom stereocenters. The van der Waals surface area contributed by atoms with Crippen molar-refractivity contribution in [1.82, 2.24) is 20.4 Å². The highest BCUT2D eigenvalue weighted by Crippen LogP contribution is 2.32. The normalized spacial score (nSPS) is 18.8. The van der Waals surface area contributed by atoms with Crippen LogP contribution in [-0.4, -0.2) is 66.2 Å². The van der Waals surface area contributed by atoms with Crippen molar-refractivity contribution >= 4 is 33.4 Å². The Kier molecular flexibility index (Phi) is 8.92. The highest BCUT2D eigenvalue weighted by molar-refractivity contribution is 7.19. The van der Waals surface area contributed by atoms with E-state index in [4.69, 9.17) is 4.42 Å². The number of hydrogen-bond acceptors (Lipinski definition) is 8. The summed E-state index contributed by atoms with van der Waals surface area (Å²) in [4.78, 5) is 31.1. The fourth-order valence-corrected chi connectivity index (χ4v) is 5.52. The molecule has 9 nitrogen and oxygen atoms in total. The summed E-state index contributed by atoms with van der Waals surface area (Å²) in [6.45, 7) is 7.89. The van der Waals surface area contributed by atoms with E-state index in [1.54, 1.807) is 11.2 Å². The van der Waals surface area contributed by atoms with Gasteiger partial charge >= 0.3 is 0 Å². The van der Waals surface area contributed by atoms with Gasteiger partial charge in [-0.2, -0.15) is 0 Å². The van der Waals surface area contributed by atoms with Crippen LogP contribution in [0.3, 0.4) is 0 Å². The molecule has 186 valence electrons. The highest BCUT2D eigenvalue weighted by Gasteiger charge is 2.30. The molecule has 2 aromatic rings. The summed E-state index contributed by atoms with van der Waals surface area (Å²) in [6.07, 6.45) is 8.24. The summed E-state index contributed by atoms with van der Waals surface area (Å²) in [5.41, 5.74) is 0. The van der Waals surface area contributed by atoms with Crippen LogP contribution in [0, 0.1) is 5.92 Å². The molecule has 0 aliphatic carbocycles. The average molecular weight is 489 g/mol. The standard InChI is InChI=1S/C24H36N6O3S/c1-2-3-12-28(18-20-9-6-16-33-20)13-7-11-25-22(32)19-8-4-14-29(17-19)23-26-27-24(34-23)30-15-5-10-21(30)31/h6,9,16,19H,2-5,7-8,10-15,17-18H2,1H3,(H,25,32)/t19-/m0/s1. The fraction of sp³-hybridized carbons (Fsp3) is 0.667. The number of nitrogens with zero attached hydrogens (tertiary/aromatic N) is 5. The van der Waals surface area contributed by atoms with Crippen molar-refractivity contribution in [3.63, 3.8) is 0 Å². The topological polar surface area (TPSA) is 94.8 Å². The summed E-state index contributed by atoms with van der Waals surface area (Å²) in [5, 5.41) is 13.2. The predicted octanol–water partition coefficient (Wildman–Crippen LogP) is 3.28. The van der Waals surface area contributed by atoms with E-state index in [0.717, 1.165) is 82.1 Å². The van der Waals surface area contributed by atoms with Gasteiger partial charge in [-0.3, -0.25) is 19.4 Å². The molecule has 0 radical (unpaired) electrons. The third-order valence-corrected chi connectivity index (χ3v) is 7.52. The van der Waals surface area contributed by atoms with Crippen molar-refractivity contribution in [3.05, 3.63) is 24.2 Å². The third-order valence-electron chi connectivity index (χ3n) is 6.51. The largest absolute Gasteiger partial charge is 0.468 e. The molecule has 4 rings (SSSR count). The van der Waals surface area contributed by atoms with Crippen LogP contribution in [0.1, 0.15) is 57.6 Å². The SMILES string of the molecule is CCCCN(CCCNC(=O)[C@H]1CCCN(c2nnc(N3CCCC3=O)s2)C1)Cc1ccco1. The molecular formula is C24H36N6O3S. The molecule has 0 aromatic carbocycles. The van der Waals surface area contributed by atoms with E-state index in [1.807, 2.05) is 12.1 Å². The minimum atomic E-state index is -0.0474. The first-order valence-corrected chi connectivity index (χ1v) is 13.4. The molecule has 2 aliphatic rings. The van der Waals surface area contributed by atoms with Crippen LogP contribution in [0.25, 0.3) is 0 Å². The second-order valence-electron chi connectivity index (χ2n) is 9.15. The van der Waals surface area contributed by atoms with E-state index < -0.39 is 0 Å². The first-order chi connectivity index (χ1) is 16.6. The number of carbonyl (C=O) groups excluding carboxylic acids is 2. The number of unbranched alkanes of at least 4 members (excludes halogenated alkanes) is 1. The predicted molar refractivity (Wildman–Crippen MR) is 133 cm³/mol. The van der Waals surface area contributed by atoms with Gasteiger partial charge in [-0.1, -0.05) is 24.7 Å². The molecule has 2 fully saturated rings. The zero-order chi connectivity index (χ0) is 23.8. The first kappa shape index (κ1) is 24.7. The number of carbonyl (C=O) groups is 2. The van der Waals surface area contributed by atoms with Gasteiger partial charge in [-0.15, -0.1) is 10.2 Å². The second-order valence-corrected chi connectivity index (χ2v) is 10.1. The van der Waals surface area contributed by atoms with Gasteiger partial charge in [0, 0.05) is 39.1 Å². The van der Waals surface area contributed by atoms with E-state index in [0.29, 0.717) is 24.6 Å². The molecule has 0 spiro atoms. The first-order valence-electron chi connectivity index (χ1n) is 12.6. The van der Waals surface area contributed by atoms with Crippen LogP contribution >= 0.6 is 11.3 Å². The summed E-state index contributed by atoms with van der Waals surface area (Å²) in [5.74, 6) is 1.18. The Morgan fingerprint density at radius 2 is 2.09 bits per heavy atom. The number of piperidine rings is 1. The zero-order valence-electron chi connectivity index (χ0n) is 20.1. The molecule has 1 atom stereocenters. The quantitative estimate of drug-likeness (QED) is 0.458. The molecule has 10 heteroatoms. The Bertz CT molecular complexity index is 918. The maximum Gasteiger partial charge on any atom is 0.228 e. The maximum absolute atomic E-state index is 12.9. The lowest BCUT2D eigenvalue weighted by Gasteiger charge is -2.31. The Labute approximate surface area is 205 Å². The molecule has 0 bridgehead atoms. The van der Waals surface area contributed by atoms with Crippen molar-refractivity contribution in [2.75, 3.05) is 49.1 Å². The van der Waals surface area contributed by atoms with Crippen LogP contribution in [0.15, 0.2) is 22.8 Å². The minimum absolute atomic E-state index is 0.0474. The minimum Gasteiger partial charge on any atom is -0.468 e. The van der Waals surface area contributed by atoms with E-state index in [1.165, 1.54) is 11.3 Å². The van der Waals surface area contributed by atoms with Crippen LogP contribution in [0.5, 0.6) is 0 Å². The smallest absolute Gasteiger partial charge is 0.228 e. The summed E-state index contributed by atoms with van der Waals surface area (Å²) < 4.78 is 5.51. The van der Waals surface area contributed by atoms with Crippen molar-refractivity contribution in [3.8, 4) is 0 Å². The van der Waals surface area contributed by atoms with E-state index >= 15 is 0 Å². The van der Waals surface area contributed by atoms with Gasteiger partial charge in [-0.05, 0) is 50.8 Å². The van der Waals surface area contributed by atoms with Crippen LogP contribution in [-0.2, 0) is 16.1 Å². The van der Waals surface area contributed by atoms with Crippen molar-refractivity contribution < 1.29 is 14.0 Å². The molecule has 2 aliphatic heterocycles.